The lowest BCUT2D eigenvalue weighted by Gasteiger charge is -2.21. The molecule has 1 N–H and O–H groups in total. The van der Waals surface area contributed by atoms with Gasteiger partial charge >= 0.3 is 5.97 Å². The highest BCUT2D eigenvalue weighted by molar-refractivity contribution is 9.10. The number of hydrogen-bond donors (Lipinski definition) is 1. The van der Waals surface area contributed by atoms with Crippen LogP contribution in [0.3, 0.4) is 0 Å². The van der Waals surface area contributed by atoms with Crippen LogP contribution in [-0.2, 0) is 16.0 Å². The Kier molecular flexibility index (Phi) is 2.61. The molecule has 0 amide bonds. The van der Waals surface area contributed by atoms with E-state index in [0.717, 1.165) is 10.0 Å². The molecule has 78 valence electrons. The molecule has 0 saturated heterocycles. The second-order valence-electron chi connectivity index (χ2n) is 3.58. The molecule has 0 spiro atoms. The molecule has 2 rings (SSSR count). The number of hydrogen-bond acceptors (Lipinski definition) is 2. The van der Waals surface area contributed by atoms with Crippen LogP contribution in [-0.4, -0.2) is 16.9 Å². The van der Waals surface area contributed by atoms with Gasteiger partial charge in [0.15, 0.2) is 5.78 Å². The summed E-state index contributed by atoms with van der Waals surface area (Å²) in [6.45, 7) is 0. The van der Waals surface area contributed by atoms with Crippen LogP contribution in [0.25, 0.3) is 0 Å². The lowest BCUT2D eigenvalue weighted by atomic mass is 9.82. The minimum Gasteiger partial charge on any atom is -0.480 e. The Labute approximate surface area is 95.2 Å². The van der Waals surface area contributed by atoms with Gasteiger partial charge in [0.2, 0.25) is 0 Å². The third-order valence-corrected chi connectivity index (χ3v) is 3.12. The van der Waals surface area contributed by atoms with Crippen LogP contribution < -0.4 is 0 Å². The molecule has 1 unspecified atom stereocenters. The van der Waals surface area contributed by atoms with E-state index in [1.165, 1.54) is 0 Å². The molecule has 0 radical (unpaired) electrons. The predicted octanol–water partition coefficient (Wildman–Crippen LogP) is 2.13. The fourth-order valence-corrected chi connectivity index (χ4v) is 2.33. The first-order valence-electron chi connectivity index (χ1n) is 4.63. The van der Waals surface area contributed by atoms with Gasteiger partial charge in [-0.05, 0) is 29.7 Å². The average Bonchev–Trinajstić information content (AvgIpc) is 2.17. The van der Waals surface area contributed by atoms with Crippen LogP contribution in [0.5, 0.6) is 0 Å². The smallest absolute Gasteiger partial charge is 0.318 e. The lowest BCUT2D eigenvalue weighted by Crippen LogP contribution is -2.27. The molecule has 0 aliphatic heterocycles. The zero-order valence-corrected chi connectivity index (χ0v) is 9.45. The molecule has 0 bridgehead atoms. The number of rotatable bonds is 1. The van der Waals surface area contributed by atoms with E-state index in [-0.39, 0.29) is 5.78 Å². The Hall–Kier alpha value is -1.16. The molecule has 0 fully saturated rings. The highest BCUT2D eigenvalue weighted by atomic mass is 79.9. The summed E-state index contributed by atoms with van der Waals surface area (Å²) in [5, 5.41) is 8.99. The van der Waals surface area contributed by atoms with Crippen LogP contribution in [0.15, 0.2) is 22.7 Å². The third-order valence-electron chi connectivity index (χ3n) is 2.63. The summed E-state index contributed by atoms with van der Waals surface area (Å²) < 4.78 is 0.916. The molecule has 0 saturated carbocycles. The fourth-order valence-electron chi connectivity index (χ4n) is 1.92. The van der Waals surface area contributed by atoms with Gasteiger partial charge in [0, 0.05) is 10.9 Å². The fraction of sp³-hybridized carbons (Fsp3) is 0.273. The maximum atomic E-state index is 11.5. The maximum absolute atomic E-state index is 11.5. The molecule has 1 aliphatic carbocycles. The van der Waals surface area contributed by atoms with E-state index in [1.807, 2.05) is 6.07 Å². The van der Waals surface area contributed by atoms with Gasteiger partial charge in [-0.3, -0.25) is 9.59 Å². The molecule has 1 aromatic carbocycles. The minimum atomic E-state index is -1.05. The number of carbonyl (C=O) groups is 2. The number of carboxylic acid groups (broad SMARTS) is 1. The van der Waals surface area contributed by atoms with E-state index >= 15 is 0 Å². The van der Waals surface area contributed by atoms with E-state index in [0.29, 0.717) is 18.4 Å². The Morgan fingerprint density at radius 3 is 2.80 bits per heavy atom. The third kappa shape index (κ3) is 1.81. The summed E-state index contributed by atoms with van der Waals surface area (Å²) >= 11 is 3.33. The molecule has 4 heteroatoms. The second-order valence-corrected chi connectivity index (χ2v) is 4.50. The quantitative estimate of drug-likeness (QED) is 0.794. The summed E-state index contributed by atoms with van der Waals surface area (Å²) in [7, 11) is 0. The lowest BCUT2D eigenvalue weighted by molar-refractivity contribution is -0.142. The minimum absolute atomic E-state index is 0.197. The predicted molar refractivity (Wildman–Crippen MR) is 57.8 cm³/mol. The van der Waals surface area contributed by atoms with Crippen molar-refractivity contribution in [1.29, 1.82) is 0 Å². The normalized spacial score (nSPS) is 19.8. The van der Waals surface area contributed by atoms with Gasteiger partial charge in [0.25, 0.3) is 0 Å². The summed E-state index contributed by atoms with van der Waals surface area (Å²) in [5.41, 5.74) is 1.60. The summed E-state index contributed by atoms with van der Waals surface area (Å²) in [5.74, 6) is -2.22. The van der Waals surface area contributed by atoms with E-state index in [9.17, 15) is 9.59 Å². The largest absolute Gasteiger partial charge is 0.480 e. The summed E-state index contributed by atoms with van der Waals surface area (Å²) in [6, 6.07) is 5.38. The van der Waals surface area contributed by atoms with Crippen LogP contribution >= 0.6 is 15.9 Å². The van der Waals surface area contributed by atoms with Gasteiger partial charge in [0.1, 0.15) is 5.92 Å². The molecule has 1 aromatic rings. The number of benzene rings is 1. The van der Waals surface area contributed by atoms with Crippen molar-refractivity contribution in [3.63, 3.8) is 0 Å². The van der Waals surface area contributed by atoms with Crippen molar-refractivity contribution in [3.05, 3.63) is 33.8 Å². The number of carbonyl (C=O) groups excluding carboxylic acids is 1. The summed E-state index contributed by atoms with van der Waals surface area (Å²) in [6.07, 6.45) is 0.956. The highest BCUT2D eigenvalue weighted by Gasteiger charge is 2.33. The van der Waals surface area contributed by atoms with Crippen molar-refractivity contribution in [2.75, 3.05) is 0 Å². The van der Waals surface area contributed by atoms with Gasteiger partial charge < -0.3 is 5.11 Å². The van der Waals surface area contributed by atoms with E-state index in [1.54, 1.807) is 12.1 Å². The molecule has 1 aliphatic rings. The Bertz CT molecular complexity index is 439. The average molecular weight is 269 g/mol. The second kappa shape index (κ2) is 3.77. The molecular weight excluding hydrogens is 260 g/mol. The number of Topliss-reactive ketones (excluding diaryl/α,β-unsaturated/α-hetero) is 1. The molecule has 1 atom stereocenters. The van der Waals surface area contributed by atoms with Gasteiger partial charge in [-0.15, -0.1) is 0 Å². The number of aryl methyl sites for hydroxylation is 1. The number of halogens is 1. The Morgan fingerprint density at radius 2 is 2.13 bits per heavy atom. The SMILES string of the molecule is O=C(O)C1C(=O)CCc2cc(Br)ccc21. The monoisotopic (exact) mass is 268 g/mol. The van der Waals surface area contributed by atoms with Crippen molar-refractivity contribution < 1.29 is 14.7 Å². The highest BCUT2D eigenvalue weighted by Crippen LogP contribution is 2.31. The molecule has 15 heavy (non-hydrogen) atoms. The van der Waals surface area contributed by atoms with Crippen molar-refractivity contribution >= 4 is 27.7 Å². The number of carboxylic acids is 1. The van der Waals surface area contributed by atoms with Gasteiger partial charge in [-0.2, -0.15) is 0 Å². The van der Waals surface area contributed by atoms with E-state index in [2.05, 4.69) is 15.9 Å². The van der Waals surface area contributed by atoms with Crippen molar-refractivity contribution in [2.24, 2.45) is 0 Å². The Morgan fingerprint density at radius 1 is 1.40 bits per heavy atom. The number of ketones is 1. The first kappa shape index (κ1) is 10.4. The molecule has 0 heterocycles. The van der Waals surface area contributed by atoms with E-state index < -0.39 is 11.9 Å². The zero-order chi connectivity index (χ0) is 11.0. The van der Waals surface area contributed by atoms with Crippen LogP contribution in [0.2, 0.25) is 0 Å². The van der Waals surface area contributed by atoms with E-state index in [4.69, 9.17) is 5.11 Å². The Balaban J connectivity index is 2.53. The first-order valence-corrected chi connectivity index (χ1v) is 5.43. The van der Waals surface area contributed by atoms with Gasteiger partial charge in [-0.25, -0.2) is 0 Å². The molecule has 3 nitrogen and oxygen atoms in total. The van der Waals surface area contributed by atoms with Crippen molar-refractivity contribution in [1.82, 2.24) is 0 Å². The molecule has 0 aromatic heterocycles. The zero-order valence-electron chi connectivity index (χ0n) is 7.87. The molecular formula is C11H9BrO3. The number of fused-ring (bicyclic) bond motifs is 1. The summed E-state index contributed by atoms with van der Waals surface area (Å²) in [4.78, 5) is 22.5. The first-order chi connectivity index (χ1) is 7.09. The van der Waals surface area contributed by atoms with Crippen molar-refractivity contribution in [2.45, 2.75) is 18.8 Å². The van der Waals surface area contributed by atoms with Crippen LogP contribution in [0.4, 0.5) is 0 Å². The standard InChI is InChI=1S/C11H9BrO3/c12-7-2-3-8-6(5-7)1-4-9(13)10(8)11(14)15/h2-3,5,10H,1,4H2,(H,14,15). The number of aliphatic carboxylic acids is 1. The van der Waals surface area contributed by atoms with Gasteiger partial charge in [-0.1, -0.05) is 22.0 Å². The topological polar surface area (TPSA) is 54.4 Å². The van der Waals surface area contributed by atoms with Crippen LogP contribution in [0.1, 0.15) is 23.5 Å². The van der Waals surface area contributed by atoms with Crippen molar-refractivity contribution in [3.8, 4) is 0 Å². The maximum Gasteiger partial charge on any atom is 0.318 e. The van der Waals surface area contributed by atoms with Crippen LogP contribution in [0, 0.1) is 0 Å². The van der Waals surface area contributed by atoms with Gasteiger partial charge in [0.05, 0.1) is 0 Å².